The van der Waals surface area contributed by atoms with Crippen molar-refractivity contribution < 1.29 is 13.9 Å². The van der Waals surface area contributed by atoms with Crippen LogP contribution >= 0.6 is 0 Å². The first kappa shape index (κ1) is 16.3. The highest BCUT2D eigenvalue weighted by Crippen LogP contribution is 2.30. The number of nitrogens with two attached hydrogens (primary N) is 1. The van der Waals surface area contributed by atoms with Crippen LogP contribution in [0.4, 0.5) is 4.39 Å². The van der Waals surface area contributed by atoms with E-state index in [-0.39, 0.29) is 11.7 Å². The molecule has 0 aliphatic carbocycles. The predicted octanol–water partition coefficient (Wildman–Crippen LogP) is 3.52. The van der Waals surface area contributed by atoms with Crippen molar-refractivity contribution in [2.45, 2.75) is 19.3 Å². The van der Waals surface area contributed by atoms with Crippen LogP contribution in [0.15, 0.2) is 42.5 Å². The van der Waals surface area contributed by atoms with Crippen molar-refractivity contribution >= 4 is 0 Å². The Bertz CT molecular complexity index is 599. The second-order valence-corrected chi connectivity index (χ2v) is 5.10. The van der Waals surface area contributed by atoms with Gasteiger partial charge in [-0.3, -0.25) is 0 Å². The molecule has 0 aromatic heterocycles. The summed E-state index contributed by atoms with van der Waals surface area (Å²) < 4.78 is 24.3. The third kappa shape index (κ3) is 3.98. The average molecular weight is 303 g/mol. The molecule has 0 radical (unpaired) electrons. The second-order valence-electron chi connectivity index (χ2n) is 5.10. The summed E-state index contributed by atoms with van der Waals surface area (Å²) in [5.41, 5.74) is 7.84. The Kier molecular flexibility index (Phi) is 5.78. The van der Waals surface area contributed by atoms with E-state index in [4.69, 9.17) is 15.2 Å². The van der Waals surface area contributed by atoms with Crippen molar-refractivity contribution in [1.29, 1.82) is 0 Å². The molecule has 0 spiro atoms. The Morgan fingerprint density at radius 3 is 2.45 bits per heavy atom. The molecule has 0 aliphatic heterocycles. The third-order valence-electron chi connectivity index (χ3n) is 3.63. The van der Waals surface area contributed by atoms with Gasteiger partial charge in [0.15, 0.2) is 0 Å². The summed E-state index contributed by atoms with van der Waals surface area (Å²) in [5.74, 6) is 1.24. The molecule has 22 heavy (non-hydrogen) atoms. The zero-order chi connectivity index (χ0) is 15.9. The fourth-order valence-corrected chi connectivity index (χ4v) is 2.52. The van der Waals surface area contributed by atoms with Crippen LogP contribution in [0.1, 0.15) is 24.0 Å². The Balaban J connectivity index is 2.20. The number of halogens is 1. The fraction of sp³-hybridized carbons (Fsp3) is 0.333. The smallest absolute Gasteiger partial charge is 0.123 e. The molecule has 0 bridgehead atoms. The fourth-order valence-electron chi connectivity index (χ4n) is 2.52. The Morgan fingerprint density at radius 2 is 1.86 bits per heavy atom. The highest BCUT2D eigenvalue weighted by molar-refractivity contribution is 5.38. The van der Waals surface area contributed by atoms with Crippen LogP contribution in [-0.4, -0.2) is 20.3 Å². The van der Waals surface area contributed by atoms with Gasteiger partial charge in [0.2, 0.25) is 0 Å². The van der Waals surface area contributed by atoms with E-state index in [1.807, 2.05) is 31.2 Å². The molecule has 0 fully saturated rings. The number of rotatable bonds is 7. The first-order valence-electron chi connectivity index (χ1n) is 7.43. The van der Waals surface area contributed by atoms with Crippen molar-refractivity contribution in [3.63, 3.8) is 0 Å². The van der Waals surface area contributed by atoms with Gasteiger partial charge in [0.1, 0.15) is 17.3 Å². The molecule has 0 saturated heterocycles. The zero-order valence-electron chi connectivity index (χ0n) is 13.0. The number of ether oxygens (including phenoxy) is 2. The Labute approximate surface area is 130 Å². The van der Waals surface area contributed by atoms with Gasteiger partial charge < -0.3 is 15.2 Å². The molecule has 0 heterocycles. The molecule has 0 amide bonds. The van der Waals surface area contributed by atoms with E-state index >= 15 is 0 Å². The zero-order valence-corrected chi connectivity index (χ0v) is 13.0. The maximum absolute atomic E-state index is 13.5. The third-order valence-corrected chi connectivity index (χ3v) is 3.63. The Morgan fingerprint density at radius 1 is 1.14 bits per heavy atom. The van der Waals surface area contributed by atoms with E-state index in [0.717, 1.165) is 23.3 Å². The van der Waals surface area contributed by atoms with Crippen molar-refractivity contribution in [1.82, 2.24) is 0 Å². The quantitative estimate of drug-likeness (QED) is 0.851. The lowest BCUT2D eigenvalue weighted by molar-refractivity contribution is 0.340. The topological polar surface area (TPSA) is 44.5 Å². The molecule has 2 N–H and O–H groups in total. The van der Waals surface area contributed by atoms with Crippen molar-refractivity contribution in [3.8, 4) is 11.5 Å². The minimum absolute atomic E-state index is 0.00333. The molecule has 4 heteroatoms. The van der Waals surface area contributed by atoms with E-state index in [1.54, 1.807) is 13.2 Å². The molecule has 1 atom stereocenters. The molecule has 2 aromatic carbocycles. The minimum Gasteiger partial charge on any atom is -0.496 e. The first-order valence-corrected chi connectivity index (χ1v) is 7.43. The van der Waals surface area contributed by atoms with E-state index in [0.29, 0.717) is 18.9 Å². The van der Waals surface area contributed by atoms with Gasteiger partial charge in [-0.2, -0.15) is 0 Å². The summed E-state index contributed by atoms with van der Waals surface area (Å²) in [6.07, 6.45) is 0.725. The number of hydrogen-bond acceptors (Lipinski definition) is 3. The lowest BCUT2D eigenvalue weighted by Crippen LogP contribution is -2.16. The van der Waals surface area contributed by atoms with Crippen molar-refractivity contribution in [2.24, 2.45) is 5.73 Å². The predicted molar refractivity (Wildman–Crippen MR) is 86.1 cm³/mol. The molecule has 0 aliphatic rings. The van der Waals surface area contributed by atoms with Gasteiger partial charge in [0.25, 0.3) is 0 Å². The molecule has 2 rings (SSSR count). The molecular weight excluding hydrogens is 281 g/mol. The number of methoxy groups -OCH3 is 1. The van der Waals surface area contributed by atoms with E-state index in [9.17, 15) is 4.39 Å². The summed E-state index contributed by atoms with van der Waals surface area (Å²) in [5, 5.41) is 0. The number of benzene rings is 2. The van der Waals surface area contributed by atoms with E-state index in [2.05, 4.69) is 0 Å². The van der Waals surface area contributed by atoms with Crippen LogP contribution in [0.25, 0.3) is 0 Å². The number of hydrogen-bond donors (Lipinski definition) is 1. The molecule has 3 nitrogen and oxygen atoms in total. The van der Waals surface area contributed by atoms with Crippen LogP contribution in [0, 0.1) is 5.82 Å². The highest BCUT2D eigenvalue weighted by Gasteiger charge is 2.16. The van der Waals surface area contributed by atoms with Gasteiger partial charge in [-0.1, -0.05) is 12.1 Å². The molecular formula is C18H22FNO2. The van der Waals surface area contributed by atoms with Gasteiger partial charge in [0, 0.05) is 11.5 Å². The van der Waals surface area contributed by atoms with E-state index < -0.39 is 0 Å². The van der Waals surface area contributed by atoms with Crippen LogP contribution < -0.4 is 15.2 Å². The van der Waals surface area contributed by atoms with Gasteiger partial charge in [-0.25, -0.2) is 4.39 Å². The normalized spacial score (nSPS) is 12.0. The van der Waals surface area contributed by atoms with Gasteiger partial charge in [-0.15, -0.1) is 0 Å². The maximum Gasteiger partial charge on any atom is 0.123 e. The van der Waals surface area contributed by atoms with Crippen molar-refractivity contribution in [2.75, 3.05) is 20.3 Å². The van der Waals surface area contributed by atoms with Gasteiger partial charge in [-0.05, 0) is 55.8 Å². The van der Waals surface area contributed by atoms with Crippen LogP contribution in [0.3, 0.4) is 0 Å². The average Bonchev–Trinajstić information content (AvgIpc) is 2.54. The monoisotopic (exact) mass is 303 g/mol. The molecule has 118 valence electrons. The molecule has 1 unspecified atom stereocenters. The van der Waals surface area contributed by atoms with Crippen LogP contribution in [-0.2, 0) is 6.42 Å². The van der Waals surface area contributed by atoms with Gasteiger partial charge in [0.05, 0.1) is 13.7 Å². The van der Waals surface area contributed by atoms with E-state index in [1.165, 1.54) is 12.1 Å². The molecule has 2 aromatic rings. The summed E-state index contributed by atoms with van der Waals surface area (Å²) in [6.45, 7) is 3.02. The standard InChI is InChI=1S/C18H22FNO2/c1-3-22-16-7-4-13(5-8-16)10-14(12-20)17-11-15(19)6-9-18(17)21-2/h4-9,11,14H,3,10,12,20H2,1-2H3. The minimum atomic E-state index is -0.277. The summed E-state index contributed by atoms with van der Waals surface area (Å²) in [6, 6.07) is 12.5. The lowest BCUT2D eigenvalue weighted by Gasteiger charge is -2.18. The van der Waals surface area contributed by atoms with Crippen molar-refractivity contribution in [3.05, 3.63) is 59.4 Å². The molecule has 0 saturated carbocycles. The summed E-state index contributed by atoms with van der Waals surface area (Å²) in [4.78, 5) is 0. The second kappa shape index (κ2) is 7.80. The lowest BCUT2D eigenvalue weighted by atomic mass is 9.91. The largest absolute Gasteiger partial charge is 0.496 e. The maximum atomic E-state index is 13.5. The van der Waals surface area contributed by atoms with Gasteiger partial charge >= 0.3 is 0 Å². The Hall–Kier alpha value is -2.07. The van der Waals surface area contributed by atoms with Crippen LogP contribution in [0.2, 0.25) is 0 Å². The SMILES string of the molecule is CCOc1ccc(CC(CN)c2cc(F)ccc2OC)cc1. The first-order chi connectivity index (χ1) is 10.7. The van der Waals surface area contributed by atoms with Crippen LogP contribution in [0.5, 0.6) is 11.5 Å². The summed E-state index contributed by atoms with van der Waals surface area (Å²) in [7, 11) is 1.58. The summed E-state index contributed by atoms with van der Waals surface area (Å²) >= 11 is 0. The highest BCUT2D eigenvalue weighted by atomic mass is 19.1.